The fourth-order valence-electron chi connectivity index (χ4n) is 3.64. The Labute approximate surface area is 219 Å². The number of carbonyl (C=O) groups is 1. The average molecular weight is 556 g/mol. The summed E-state index contributed by atoms with van der Waals surface area (Å²) < 4.78 is 86.3. The number of rotatable bonds is 9. The summed E-state index contributed by atoms with van der Waals surface area (Å²) in [4.78, 5) is 16.6. The molecule has 1 amide bonds. The van der Waals surface area contributed by atoms with Crippen molar-refractivity contribution in [3.8, 4) is 22.8 Å². The van der Waals surface area contributed by atoms with E-state index in [2.05, 4.69) is 10.3 Å². The van der Waals surface area contributed by atoms with Gasteiger partial charge in [0.2, 0.25) is 5.91 Å². The first kappa shape index (κ1) is 28.9. The van der Waals surface area contributed by atoms with Crippen molar-refractivity contribution in [2.45, 2.75) is 25.6 Å². The van der Waals surface area contributed by atoms with Gasteiger partial charge in [-0.15, -0.1) is 0 Å². The Hall–Kier alpha value is -3.71. The molecule has 0 bridgehead atoms. The van der Waals surface area contributed by atoms with Gasteiger partial charge in [-0.25, -0.2) is 13.6 Å². The van der Waals surface area contributed by atoms with Crippen molar-refractivity contribution < 1.29 is 40.6 Å². The molecule has 1 aromatic heterocycles. The highest BCUT2D eigenvalue weighted by Gasteiger charge is 2.33. The van der Waals surface area contributed by atoms with Crippen LogP contribution in [0.3, 0.4) is 0 Å². The Morgan fingerprint density at radius 2 is 1.79 bits per heavy atom. The third kappa shape index (κ3) is 6.40. The molecular formula is C25H25F4N3O5S. The quantitative estimate of drug-likeness (QED) is 0.287. The molecule has 0 spiro atoms. The maximum atomic E-state index is 14.5. The number of alkyl halides is 3. The second-order valence-electron chi connectivity index (χ2n) is 8.15. The minimum Gasteiger partial charge on any atom is -0.493 e. The number of nitrogens with one attached hydrogen (secondary N) is 1. The number of benzene rings is 2. The summed E-state index contributed by atoms with van der Waals surface area (Å²) in [6.07, 6.45) is -4.69. The molecule has 0 fully saturated rings. The van der Waals surface area contributed by atoms with Crippen molar-refractivity contribution in [3.63, 3.8) is 0 Å². The number of halogens is 4. The zero-order valence-corrected chi connectivity index (χ0v) is 21.6. The summed E-state index contributed by atoms with van der Waals surface area (Å²) in [6.45, 7) is 1.36. The van der Waals surface area contributed by atoms with Crippen molar-refractivity contribution in [3.05, 3.63) is 71.2 Å². The van der Waals surface area contributed by atoms with Gasteiger partial charge in [0.1, 0.15) is 11.5 Å². The molecular weight excluding hydrogens is 530 g/mol. The Morgan fingerprint density at radius 3 is 2.37 bits per heavy atom. The van der Waals surface area contributed by atoms with E-state index < -0.39 is 40.8 Å². The molecule has 3 rings (SSSR count). The van der Waals surface area contributed by atoms with Crippen LogP contribution in [0.2, 0.25) is 0 Å². The summed E-state index contributed by atoms with van der Waals surface area (Å²) in [7, 11) is 4.05. The van der Waals surface area contributed by atoms with Gasteiger partial charge in [0.25, 0.3) is 11.3 Å². The second kappa shape index (κ2) is 11.8. The number of aromatic nitrogens is 1. The van der Waals surface area contributed by atoms with E-state index in [1.165, 1.54) is 64.6 Å². The standard InChI is InChI=1S/C25H25F4N3O5S/c1-14(15-5-8-19(18(26)11-15)32(2)38(34)35)24(33)30-13-17-7-10-22(25(27,28)29)31-23(17)16-6-9-20(36-3)21(12-16)37-4/h5-12,14H,13H2,1-4H3,(H,30,33)(H,34,35). The second-order valence-corrected chi connectivity index (χ2v) is 9.16. The summed E-state index contributed by atoms with van der Waals surface area (Å²) >= 11 is -2.43. The first-order valence-electron chi connectivity index (χ1n) is 11.1. The monoisotopic (exact) mass is 555 g/mol. The van der Waals surface area contributed by atoms with Crippen molar-refractivity contribution >= 4 is 22.9 Å². The molecule has 2 atom stereocenters. The number of carbonyl (C=O) groups excluding carboxylic acids is 1. The van der Waals surface area contributed by atoms with E-state index in [0.29, 0.717) is 22.4 Å². The van der Waals surface area contributed by atoms with Gasteiger partial charge in [-0.05, 0) is 54.4 Å². The van der Waals surface area contributed by atoms with E-state index in [0.717, 1.165) is 16.4 Å². The molecule has 0 aliphatic heterocycles. The van der Waals surface area contributed by atoms with E-state index in [4.69, 9.17) is 14.0 Å². The lowest BCUT2D eigenvalue weighted by Crippen LogP contribution is -2.28. The van der Waals surface area contributed by atoms with Crippen LogP contribution >= 0.6 is 0 Å². The molecule has 2 N–H and O–H groups in total. The molecule has 1 heterocycles. The smallest absolute Gasteiger partial charge is 0.433 e. The molecule has 0 radical (unpaired) electrons. The average Bonchev–Trinajstić information content (AvgIpc) is 2.89. The van der Waals surface area contributed by atoms with Crippen molar-refractivity contribution in [2.24, 2.45) is 0 Å². The number of methoxy groups -OCH3 is 2. The van der Waals surface area contributed by atoms with Crippen LogP contribution in [0.5, 0.6) is 11.5 Å². The van der Waals surface area contributed by atoms with Gasteiger partial charge in [-0.3, -0.25) is 13.7 Å². The summed E-state index contributed by atoms with van der Waals surface area (Å²) in [5.74, 6) is -1.49. The number of nitrogens with zero attached hydrogens (tertiary/aromatic N) is 2. The van der Waals surface area contributed by atoms with Gasteiger partial charge in [-0.1, -0.05) is 12.1 Å². The SMILES string of the molecule is COc1ccc(-c2nc(C(F)(F)F)ccc2CNC(=O)C(C)c2ccc(N(C)S(=O)O)c(F)c2)cc1OC. The van der Waals surface area contributed by atoms with E-state index in [1.54, 1.807) is 0 Å². The molecule has 8 nitrogen and oxygen atoms in total. The van der Waals surface area contributed by atoms with Crippen LogP contribution < -0.4 is 19.1 Å². The molecule has 3 aromatic rings. The first-order valence-corrected chi connectivity index (χ1v) is 12.1. The Kier molecular flexibility index (Phi) is 8.94. The zero-order chi connectivity index (χ0) is 28.2. The minimum atomic E-state index is -4.69. The zero-order valence-electron chi connectivity index (χ0n) is 20.8. The van der Waals surface area contributed by atoms with Crippen LogP contribution in [0.4, 0.5) is 23.2 Å². The Bertz CT molecular complexity index is 1350. The minimum absolute atomic E-state index is 0.0100. The highest BCUT2D eigenvalue weighted by Crippen LogP contribution is 2.35. The molecule has 2 aromatic carbocycles. The predicted molar refractivity (Wildman–Crippen MR) is 134 cm³/mol. The molecule has 2 unspecified atom stereocenters. The summed E-state index contributed by atoms with van der Waals surface area (Å²) in [5, 5.41) is 2.65. The molecule has 38 heavy (non-hydrogen) atoms. The lowest BCUT2D eigenvalue weighted by atomic mass is 9.99. The van der Waals surface area contributed by atoms with Gasteiger partial charge in [0, 0.05) is 19.2 Å². The van der Waals surface area contributed by atoms with Crippen LogP contribution in [0, 0.1) is 5.82 Å². The lowest BCUT2D eigenvalue weighted by Gasteiger charge is -2.18. The van der Waals surface area contributed by atoms with E-state index in [-0.39, 0.29) is 23.7 Å². The van der Waals surface area contributed by atoms with Crippen LogP contribution in [0.1, 0.15) is 29.7 Å². The number of hydrogen-bond acceptors (Lipinski definition) is 5. The van der Waals surface area contributed by atoms with Gasteiger partial charge in [0.05, 0.1) is 31.5 Å². The van der Waals surface area contributed by atoms with Crippen molar-refractivity contribution in [1.82, 2.24) is 10.3 Å². The van der Waals surface area contributed by atoms with Crippen LogP contribution in [0.15, 0.2) is 48.5 Å². The number of ether oxygens (including phenoxy) is 2. The molecule has 0 saturated carbocycles. The first-order chi connectivity index (χ1) is 17.9. The lowest BCUT2D eigenvalue weighted by molar-refractivity contribution is -0.141. The molecule has 0 aliphatic rings. The molecule has 0 saturated heterocycles. The predicted octanol–water partition coefficient (Wildman–Crippen LogP) is 4.92. The van der Waals surface area contributed by atoms with Gasteiger partial charge >= 0.3 is 6.18 Å². The van der Waals surface area contributed by atoms with Gasteiger partial charge in [-0.2, -0.15) is 13.2 Å². The van der Waals surface area contributed by atoms with Crippen molar-refractivity contribution in [1.29, 1.82) is 0 Å². The number of amides is 1. The highest BCUT2D eigenvalue weighted by atomic mass is 32.2. The normalized spacial score (nSPS) is 13.0. The third-order valence-electron chi connectivity index (χ3n) is 5.82. The molecule has 204 valence electrons. The molecule has 13 heteroatoms. The third-order valence-corrected chi connectivity index (χ3v) is 6.48. The maximum absolute atomic E-state index is 14.5. The maximum Gasteiger partial charge on any atom is 0.433 e. The Morgan fingerprint density at radius 1 is 1.11 bits per heavy atom. The number of anilines is 1. The summed E-state index contributed by atoms with van der Waals surface area (Å²) in [6, 6.07) is 10.4. The molecule has 0 aliphatic carbocycles. The van der Waals surface area contributed by atoms with E-state index in [1.807, 2.05) is 0 Å². The number of pyridine rings is 1. The Balaban J connectivity index is 1.88. The fourth-order valence-corrected chi connectivity index (χ4v) is 3.96. The largest absolute Gasteiger partial charge is 0.493 e. The highest BCUT2D eigenvalue weighted by molar-refractivity contribution is 7.80. The fraction of sp³-hybridized carbons (Fsp3) is 0.280. The van der Waals surface area contributed by atoms with E-state index >= 15 is 0 Å². The van der Waals surface area contributed by atoms with Crippen molar-refractivity contribution in [2.75, 3.05) is 25.6 Å². The summed E-state index contributed by atoms with van der Waals surface area (Å²) in [5.41, 5.74) is -0.322. The van der Waals surface area contributed by atoms with Crippen LogP contribution in [0.25, 0.3) is 11.3 Å². The topological polar surface area (TPSA) is 101 Å². The van der Waals surface area contributed by atoms with E-state index in [9.17, 15) is 26.6 Å². The van der Waals surface area contributed by atoms with Crippen LogP contribution in [-0.2, 0) is 28.8 Å². The van der Waals surface area contributed by atoms with Gasteiger partial charge in [0.15, 0.2) is 11.5 Å². The van der Waals surface area contributed by atoms with Crippen LogP contribution in [-0.4, -0.2) is 40.9 Å². The van der Waals surface area contributed by atoms with Gasteiger partial charge < -0.3 is 14.8 Å². The number of hydrogen-bond donors (Lipinski definition) is 2.